The number of benzene rings is 2. The van der Waals surface area contributed by atoms with Crippen molar-refractivity contribution in [3.05, 3.63) is 70.8 Å². The van der Waals surface area contributed by atoms with E-state index in [1.807, 2.05) is 67.6 Å². The number of nitrogens with one attached hydrogen (secondary N) is 2. The van der Waals surface area contributed by atoms with Gasteiger partial charge < -0.3 is 5.32 Å². The Morgan fingerprint density at radius 1 is 1.04 bits per heavy atom. The van der Waals surface area contributed by atoms with E-state index in [1.54, 1.807) is 4.68 Å². The Kier molecular flexibility index (Phi) is 4.43. The minimum absolute atomic E-state index is 0.319. The van der Waals surface area contributed by atoms with E-state index in [0.29, 0.717) is 11.5 Å². The van der Waals surface area contributed by atoms with E-state index in [9.17, 15) is 4.79 Å². The van der Waals surface area contributed by atoms with Gasteiger partial charge in [-0.2, -0.15) is 5.10 Å². The van der Waals surface area contributed by atoms with Crippen molar-refractivity contribution in [2.45, 2.75) is 6.92 Å². The van der Waals surface area contributed by atoms with E-state index in [2.05, 4.69) is 31.7 Å². The third-order valence-electron chi connectivity index (χ3n) is 3.16. The molecule has 0 spiro atoms. The van der Waals surface area contributed by atoms with Crippen LogP contribution in [0, 0.1) is 6.92 Å². The number of anilines is 2. The van der Waals surface area contributed by atoms with Crippen LogP contribution in [0.15, 0.2) is 65.1 Å². The van der Waals surface area contributed by atoms with Gasteiger partial charge in [0.2, 0.25) is 0 Å². The highest BCUT2D eigenvalue weighted by atomic mass is 79.9. The highest BCUT2D eigenvalue weighted by Gasteiger charge is 2.11. The predicted octanol–water partition coefficient (Wildman–Crippen LogP) is 4.59. The molecule has 0 saturated carbocycles. The van der Waals surface area contributed by atoms with Gasteiger partial charge in [-0.3, -0.25) is 5.32 Å². The molecule has 2 aromatic carbocycles. The SMILES string of the molecule is Cc1cc(NC(=O)Nc2cccc(Br)c2)n(-c2ccccc2)n1. The van der Waals surface area contributed by atoms with Gasteiger partial charge in [-0.15, -0.1) is 0 Å². The van der Waals surface area contributed by atoms with Gasteiger partial charge in [0.05, 0.1) is 11.4 Å². The van der Waals surface area contributed by atoms with Gasteiger partial charge in [-0.25, -0.2) is 9.48 Å². The number of halogens is 1. The fraction of sp³-hybridized carbons (Fsp3) is 0.0588. The minimum atomic E-state index is -0.319. The van der Waals surface area contributed by atoms with Crippen LogP contribution in [0.1, 0.15) is 5.69 Å². The summed E-state index contributed by atoms with van der Waals surface area (Å²) in [6.45, 7) is 1.89. The first-order valence-corrected chi connectivity index (χ1v) is 7.87. The Morgan fingerprint density at radius 3 is 2.57 bits per heavy atom. The van der Waals surface area contributed by atoms with Crippen LogP contribution < -0.4 is 10.6 Å². The Bertz CT molecular complexity index is 830. The summed E-state index contributed by atoms with van der Waals surface area (Å²) in [5.41, 5.74) is 2.42. The largest absolute Gasteiger partial charge is 0.324 e. The molecule has 0 aliphatic carbocycles. The van der Waals surface area contributed by atoms with E-state index in [4.69, 9.17) is 0 Å². The molecule has 0 atom stereocenters. The zero-order valence-electron chi connectivity index (χ0n) is 12.5. The molecule has 1 aromatic heterocycles. The number of carbonyl (C=O) groups excluding carboxylic acids is 1. The lowest BCUT2D eigenvalue weighted by Gasteiger charge is -2.10. The summed E-state index contributed by atoms with van der Waals surface area (Å²) in [4.78, 5) is 12.2. The average molecular weight is 371 g/mol. The van der Waals surface area contributed by atoms with Crippen LogP contribution in [-0.2, 0) is 0 Å². The number of hydrogen-bond donors (Lipinski definition) is 2. The second-order valence-corrected chi connectivity index (χ2v) is 5.92. The number of rotatable bonds is 3. The maximum atomic E-state index is 12.2. The van der Waals surface area contributed by atoms with Crippen LogP contribution in [0.3, 0.4) is 0 Å². The Balaban J connectivity index is 1.79. The Morgan fingerprint density at radius 2 is 1.83 bits per heavy atom. The zero-order valence-corrected chi connectivity index (χ0v) is 14.0. The van der Waals surface area contributed by atoms with Gasteiger partial charge in [0, 0.05) is 16.2 Å². The molecule has 2 N–H and O–H groups in total. The van der Waals surface area contributed by atoms with Crippen LogP contribution >= 0.6 is 15.9 Å². The topological polar surface area (TPSA) is 59.0 Å². The maximum absolute atomic E-state index is 12.2. The van der Waals surface area contributed by atoms with E-state index < -0.39 is 0 Å². The molecule has 0 aliphatic rings. The molecule has 116 valence electrons. The number of para-hydroxylation sites is 1. The summed E-state index contributed by atoms with van der Waals surface area (Å²) in [5.74, 6) is 0.612. The highest BCUT2D eigenvalue weighted by Crippen LogP contribution is 2.18. The van der Waals surface area contributed by atoms with Crippen LogP contribution in [-0.4, -0.2) is 15.8 Å². The molecule has 1 heterocycles. The Labute approximate surface area is 142 Å². The zero-order chi connectivity index (χ0) is 16.2. The number of carbonyl (C=O) groups is 1. The van der Waals surface area contributed by atoms with Gasteiger partial charge in [0.25, 0.3) is 0 Å². The molecule has 0 fully saturated rings. The van der Waals surface area contributed by atoms with Gasteiger partial charge >= 0.3 is 6.03 Å². The fourth-order valence-corrected chi connectivity index (χ4v) is 2.60. The van der Waals surface area contributed by atoms with Crippen LogP contribution in [0.4, 0.5) is 16.3 Å². The molecule has 6 heteroatoms. The highest BCUT2D eigenvalue weighted by molar-refractivity contribution is 9.10. The molecule has 0 bridgehead atoms. The number of hydrogen-bond acceptors (Lipinski definition) is 2. The maximum Gasteiger partial charge on any atom is 0.324 e. The smallest absolute Gasteiger partial charge is 0.308 e. The summed E-state index contributed by atoms with van der Waals surface area (Å²) in [7, 11) is 0. The molecule has 3 rings (SSSR count). The lowest BCUT2D eigenvalue weighted by Crippen LogP contribution is -2.21. The molecule has 0 saturated heterocycles. The summed E-state index contributed by atoms with van der Waals surface area (Å²) in [5, 5.41) is 10.1. The molecule has 3 aromatic rings. The first kappa shape index (κ1) is 15.3. The third-order valence-corrected chi connectivity index (χ3v) is 3.65. The first-order valence-electron chi connectivity index (χ1n) is 7.07. The molecule has 0 aliphatic heterocycles. The second-order valence-electron chi connectivity index (χ2n) is 5.01. The monoisotopic (exact) mass is 370 g/mol. The van der Waals surface area contributed by atoms with Gasteiger partial charge in [-0.05, 0) is 37.3 Å². The van der Waals surface area contributed by atoms with Crippen molar-refractivity contribution in [3.8, 4) is 5.69 Å². The quantitative estimate of drug-likeness (QED) is 0.708. The number of aryl methyl sites for hydroxylation is 1. The van der Waals surface area contributed by atoms with Crippen molar-refractivity contribution < 1.29 is 4.79 Å². The molecule has 0 unspecified atom stereocenters. The van der Waals surface area contributed by atoms with E-state index in [1.165, 1.54) is 0 Å². The summed E-state index contributed by atoms with van der Waals surface area (Å²) < 4.78 is 2.61. The average Bonchev–Trinajstić information content (AvgIpc) is 2.88. The summed E-state index contributed by atoms with van der Waals surface area (Å²) >= 11 is 3.38. The lowest BCUT2D eigenvalue weighted by molar-refractivity contribution is 0.262. The van der Waals surface area contributed by atoms with Crippen molar-refractivity contribution in [2.75, 3.05) is 10.6 Å². The predicted molar refractivity (Wildman–Crippen MR) is 95.1 cm³/mol. The second kappa shape index (κ2) is 6.66. The summed E-state index contributed by atoms with van der Waals surface area (Å²) in [6.07, 6.45) is 0. The van der Waals surface area contributed by atoms with Crippen molar-refractivity contribution >= 4 is 33.5 Å². The van der Waals surface area contributed by atoms with E-state index >= 15 is 0 Å². The first-order chi connectivity index (χ1) is 11.1. The molecule has 23 heavy (non-hydrogen) atoms. The minimum Gasteiger partial charge on any atom is -0.308 e. The van der Waals surface area contributed by atoms with E-state index in [-0.39, 0.29) is 6.03 Å². The van der Waals surface area contributed by atoms with Gasteiger partial charge in [-0.1, -0.05) is 40.2 Å². The van der Waals surface area contributed by atoms with Crippen molar-refractivity contribution in [3.63, 3.8) is 0 Å². The number of aromatic nitrogens is 2. The van der Waals surface area contributed by atoms with Crippen molar-refractivity contribution in [1.29, 1.82) is 0 Å². The van der Waals surface area contributed by atoms with Crippen LogP contribution in [0.25, 0.3) is 5.69 Å². The summed E-state index contributed by atoms with van der Waals surface area (Å²) in [6, 6.07) is 18.6. The van der Waals surface area contributed by atoms with Gasteiger partial charge in [0.1, 0.15) is 5.82 Å². The molecule has 2 amide bonds. The molecular weight excluding hydrogens is 356 g/mol. The standard InChI is InChI=1S/C17H15BrN4O/c1-12-10-16(22(21-12)15-8-3-2-4-9-15)20-17(23)19-14-7-5-6-13(18)11-14/h2-11H,1H3,(H2,19,20,23). The third kappa shape index (κ3) is 3.78. The number of urea groups is 1. The number of amides is 2. The molecule has 0 radical (unpaired) electrons. The molecular formula is C17H15BrN4O. The van der Waals surface area contributed by atoms with Crippen LogP contribution in [0.2, 0.25) is 0 Å². The van der Waals surface area contributed by atoms with Crippen molar-refractivity contribution in [1.82, 2.24) is 9.78 Å². The number of nitrogens with zero attached hydrogens (tertiary/aromatic N) is 2. The van der Waals surface area contributed by atoms with Crippen molar-refractivity contribution in [2.24, 2.45) is 0 Å². The fourth-order valence-electron chi connectivity index (χ4n) is 2.20. The molecule has 5 nitrogen and oxygen atoms in total. The van der Waals surface area contributed by atoms with Gasteiger partial charge in [0.15, 0.2) is 0 Å². The normalized spacial score (nSPS) is 10.3. The van der Waals surface area contributed by atoms with E-state index in [0.717, 1.165) is 15.9 Å². The lowest BCUT2D eigenvalue weighted by atomic mass is 10.3. The Hall–Kier alpha value is -2.60. The van der Waals surface area contributed by atoms with Crippen LogP contribution in [0.5, 0.6) is 0 Å².